The minimum absolute atomic E-state index is 0.0412. The minimum Gasteiger partial charge on any atom is -0.348 e. The molecule has 4 rings (SSSR count). The highest BCUT2D eigenvalue weighted by Gasteiger charge is 2.31. The van der Waals surface area contributed by atoms with Crippen LogP contribution in [0.3, 0.4) is 0 Å². The van der Waals surface area contributed by atoms with Gasteiger partial charge in [0.25, 0.3) is 5.91 Å². The standard InChI is InChI=1S/C27H24N4OS/c1-33-25-12-10-22(11-13-25)26(21-6-2-19(16-28)3-7-21)31-15-14-24(18-31)30-27(32)23-8-4-20(17-29)5-9-23/h2-13,24,26H,14-15,18H2,1H3,(H,30,32)/t24-,26?/m1/s1. The number of benzene rings is 3. The quantitative estimate of drug-likeness (QED) is 0.546. The first-order valence-corrected chi connectivity index (χ1v) is 12.0. The molecule has 1 heterocycles. The lowest BCUT2D eigenvalue weighted by molar-refractivity contribution is 0.0937. The summed E-state index contributed by atoms with van der Waals surface area (Å²) in [5.41, 5.74) is 4.06. The summed E-state index contributed by atoms with van der Waals surface area (Å²) in [6, 6.07) is 27.4. The van der Waals surface area contributed by atoms with Gasteiger partial charge < -0.3 is 5.32 Å². The van der Waals surface area contributed by atoms with Gasteiger partial charge in [0.05, 0.1) is 29.3 Å². The van der Waals surface area contributed by atoms with Crippen LogP contribution in [0.1, 0.15) is 45.1 Å². The molecule has 0 aromatic heterocycles. The summed E-state index contributed by atoms with van der Waals surface area (Å²) in [6.45, 7) is 1.59. The fourth-order valence-corrected chi connectivity index (χ4v) is 4.65. The Hall–Kier alpha value is -3.58. The molecule has 0 spiro atoms. The van der Waals surface area contributed by atoms with Crippen molar-refractivity contribution in [3.05, 3.63) is 101 Å². The van der Waals surface area contributed by atoms with Gasteiger partial charge in [-0.1, -0.05) is 24.3 Å². The third-order valence-electron chi connectivity index (χ3n) is 5.98. The predicted molar refractivity (Wildman–Crippen MR) is 130 cm³/mol. The molecular formula is C27H24N4OS. The van der Waals surface area contributed by atoms with Crippen LogP contribution >= 0.6 is 11.8 Å². The molecule has 1 aliphatic rings. The lowest BCUT2D eigenvalue weighted by atomic mass is 9.96. The van der Waals surface area contributed by atoms with E-state index in [0.29, 0.717) is 16.7 Å². The zero-order chi connectivity index (χ0) is 23.2. The summed E-state index contributed by atoms with van der Waals surface area (Å²) in [5.74, 6) is -0.120. The molecule has 2 atom stereocenters. The van der Waals surface area contributed by atoms with Crippen molar-refractivity contribution in [2.24, 2.45) is 0 Å². The second-order valence-corrected chi connectivity index (χ2v) is 8.93. The maximum absolute atomic E-state index is 12.7. The molecule has 1 fully saturated rings. The highest BCUT2D eigenvalue weighted by atomic mass is 32.2. The molecule has 1 saturated heterocycles. The predicted octanol–water partition coefficient (Wildman–Crippen LogP) is 4.75. The van der Waals surface area contributed by atoms with E-state index in [4.69, 9.17) is 5.26 Å². The van der Waals surface area contributed by atoms with Crippen LogP contribution in [0, 0.1) is 22.7 Å². The van der Waals surface area contributed by atoms with Crippen molar-refractivity contribution >= 4 is 17.7 Å². The van der Waals surface area contributed by atoms with Gasteiger partial charge >= 0.3 is 0 Å². The average Bonchev–Trinajstić information content (AvgIpc) is 3.32. The Bertz CT molecular complexity index is 1190. The molecule has 0 bridgehead atoms. The first kappa shape index (κ1) is 22.6. The third kappa shape index (κ3) is 5.26. The van der Waals surface area contributed by atoms with Crippen LogP contribution in [0.15, 0.2) is 77.7 Å². The average molecular weight is 453 g/mol. The first-order valence-electron chi connectivity index (χ1n) is 10.8. The van der Waals surface area contributed by atoms with Gasteiger partial charge in [0.1, 0.15) is 0 Å². The van der Waals surface area contributed by atoms with E-state index in [9.17, 15) is 10.1 Å². The first-order chi connectivity index (χ1) is 16.1. The second-order valence-electron chi connectivity index (χ2n) is 8.05. The van der Waals surface area contributed by atoms with E-state index in [2.05, 4.69) is 52.9 Å². The number of carbonyl (C=O) groups is 1. The number of hydrogen-bond donors (Lipinski definition) is 1. The van der Waals surface area contributed by atoms with E-state index < -0.39 is 0 Å². The van der Waals surface area contributed by atoms with Gasteiger partial charge in [-0.25, -0.2) is 0 Å². The Morgan fingerprint density at radius 2 is 1.48 bits per heavy atom. The smallest absolute Gasteiger partial charge is 0.251 e. The Kier molecular flexibility index (Phi) is 7.10. The van der Waals surface area contributed by atoms with Crippen molar-refractivity contribution < 1.29 is 4.79 Å². The molecule has 5 nitrogen and oxygen atoms in total. The molecule has 164 valence electrons. The van der Waals surface area contributed by atoms with Gasteiger partial charge in [-0.3, -0.25) is 9.69 Å². The van der Waals surface area contributed by atoms with E-state index in [1.807, 2.05) is 24.3 Å². The monoisotopic (exact) mass is 452 g/mol. The summed E-state index contributed by atoms with van der Waals surface area (Å²) < 4.78 is 0. The van der Waals surface area contributed by atoms with Crippen LogP contribution in [0.4, 0.5) is 0 Å². The molecule has 1 aliphatic heterocycles. The SMILES string of the molecule is CSc1ccc(C(c2ccc(C#N)cc2)N2CC[C@@H](NC(=O)c3ccc(C#N)cc3)C2)cc1. The fourth-order valence-electron chi connectivity index (χ4n) is 4.24. The Morgan fingerprint density at radius 3 is 2.03 bits per heavy atom. The van der Waals surface area contributed by atoms with E-state index in [-0.39, 0.29) is 18.0 Å². The van der Waals surface area contributed by atoms with Gasteiger partial charge in [0, 0.05) is 29.6 Å². The zero-order valence-electron chi connectivity index (χ0n) is 18.4. The lowest BCUT2D eigenvalue weighted by Gasteiger charge is -2.29. The third-order valence-corrected chi connectivity index (χ3v) is 6.73. The molecule has 1 N–H and O–H groups in total. The van der Waals surface area contributed by atoms with E-state index in [0.717, 1.165) is 25.1 Å². The van der Waals surface area contributed by atoms with Crippen LogP contribution in [-0.2, 0) is 0 Å². The Labute approximate surface area is 198 Å². The van der Waals surface area contributed by atoms with Crippen molar-refractivity contribution in [3.8, 4) is 12.1 Å². The number of thioether (sulfide) groups is 1. The fraction of sp³-hybridized carbons (Fsp3) is 0.222. The van der Waals surface area contributed by atoms with E-state index in [1.165, 1.54) is 10.5 Å². The second kappa shape index (κ2) is 10.4. The molecule has 1 amide bonds. The molecule has 6 heteroatoms. The van der Waals surface area contributed by atoms with Crippen LogP contribution < -0.4 is 5.32 Å². The Balaban J connectivity index is 1.52. The highest BCUT2D eigenvalue weighted by Crippen LogP contribution is 2.33. The number of hydrogen-bond acceptors (Lipinski definition) is 5. The zero-order valence-corrected chi connectivity index (χ0v) is 19.2. The molecule has 3 aromatic rings. The van der Waals surface area contributed by atoms with Gasteiger partial charge in [0.15, 0.2) is 0 Å². The van der Waals surface area contributed by atoms with Crippen molar-refractivity contribution in [2.45, 2.75) is 23.4 Å². The maximum atomic E-state index is 12.7. The summed E-state index contributed by atoms with van der Waals surface area (Å²) in [4.78, 5) is 16.3. The molecule has 3 aromatic carbocycles. The van der Waals surface area contributed by atoms with Crippen LogP contribution in [0.5, 0.6) is 0 Å². The van der Waals surface area contributed by atoms with E-state index >= 15 is 0 Å². The summed E-state index contributed by atoms with van der Waals surface area (Å²) in [7, 11) is 0. The molecule has 0 radical (unpaired) electrons. The molecule has 33 heavy (non-hydrogen) atoms. The van der Waals surface area contributed by atoms with Crippen molar-refractivity contribution in [1.82, 2.24) is 10.2 Å². The van der Waals surface area contributed by atoms with Gasteiger partial charge in [-0.05, 0) is 72.3 Å². The van der Waals surface area contributed by atoms with Crippen LogP contribution in [0.25, 0.3) is 0 Å². The number of likely N-dealkylation sites (tertiary alicyclic amines) is 1. The number of nitrogens with zero attached hydrogens (tertiary/aromatic N) is 3. The van der Waals surface area contributed by atoms with Crippen LogP contribution in [-0.4, -0.2) is 36.2 Å². The van der Waals surface area contributed by atoms with Gasteiger partial charge in [-0.2, -0.15) is 10.5 Å². The topological polar surface area (TPSA) is 79.9 Å². The minimum atomic E-state index is -0.120. The maximum Gasteiger partial charge on any atom is 0.251 e. The Morgan fingerprint density at radius 1 is 0.939 bits per heavy atom. The number of nitrogens with one attached hydrogen (secondary N) is 1. The van der Waals surface area contributed by atoms with Gasteiger partial charge in [0.2, 0.25) is 0 Å². The lowest BCUT2D eigenvalue weighted by Crippen LogP contribution is -2.38. The summed E-state index contributed by atoms with van der Waals surface area (Å²) in [6.07, 6.45) is 2.92. The largest absolute Gasteiger partial charge is 0.348 e. The normalized spacial score (nSPS) is 16.5. The number of rotatable bonds is 6. The number of amides is 1. The molecule has 1 unspecified atom stereocenters. The summed E-state index contributed by atoms with van der Waals surface area (Å²) >= 11 is 1.71. The molecular weight excluding hydrogens is 428 g/mol. The molecule has 0 saturated carbocycles. The van der Waals surface area contributed by atoms with E-state index in [1.54, 1.807) is 36.0 Å². The highest BCUT2D eigenvalue weighted by molar-refractivity contribution is 7.98. The van der Waals surface area contributed by atoms with Gasteiger partial charge in [-0.15, -0.1) is 11.8 Å². The number of carbonyl (C=O) groups excluding carboxylic acids is 1. The number of nitriles is 2. The summed E-state index contributed by atoms with van der Waals surface area (Å²) in [5, 5.41) is 21.3. The van der Waals surface area contributed by atoms with Crippen molar-refractivity contribution in [2.75, 3.05) is 19.3 Å². The molecule has 0 aliphatic carbocycles. The van der Waals surface area contributed by atoms with Crippen molar-refractivity contribution in [3.63, 3.8) is 0 Å². The van der Waals surface area contributed by atoms with Crippen LogP contribution in [0.2, 0.25) is 0 Å². The van der Waals surface area contributed by atoms with Crippen molar-refractivity contribution in [1.29, 1.82) is 10.5 Å².